The van der Waals surface area contributed by atoms with Gasteiger partial charge >= 0.3 is 5.97 Å². The van der Waals surface area contributed by atoms with Crippen molar-refractivity contribution in [2.75, 3.05) is 18.5 Å². The summed E-state index contributed by atoms with van der Waals surface area (Å²) in [5.74, 6) is -1.64. The van der Waals surface area contributed by atoms with Crippen molar-refractivity contribution in [1.82, 2.24) is 15.2 Å². The lowest BCUT2D eigenvalue weighted by Gasteiger charge is -2.18. The lowest BCUT2D eigenvalue weighted by molar-refractivity contribution is -0.137. The molecule has 0 bridgehead atoms. The summed E-state index contributed by atoms with van der Waals surface area (Å²) in [5.41, 5.74) is -1.69. The number of hydrogen-bond donors (Lipinski definition) is 3. The third-order valence-corrected chi connectivity index (χ3v) is 5.16. The Bertz CT molecular complexity index is 983. The van der Waals surface area contributed by atoms with E-state index in [-0.39, 0.29) is 42.5 Å². The predicted octanol–water partition coefficient (Wildman–Crippen LogP) is 0.963. The van der Waals surface area contributed by atoms with Crippen molar-refractivity contribution < 1.29 is 23.9 Å². The Hall–Kier alpha value is -3.43. The molecule has 1 heterocycles. The fourth-order valence-electron chi connectivity index (χ4n) is 3.45. The van der Waals surface area contributed by atoms with Crippen molar-refractivity contribution in [2.24, 2.45) is 11.8 Å². The molecule has 10 nitrogen and oxygen atoms in total. The van der Waals surface area contributed by atoms with Crippen LogP contribution in [0.3, 0.4) is 0 Å². The number of aromatic nitrogens is 1. The van der Waals surface area contributed by atoms with Crippen LogP contribution in [0.4, 0.5) is 5.69 Å². The van der Waals surface area contributed by atoms with E-state index in [9.17, 15) is 24.0 Å². The average Bonchev–Trinajstić information content (AvgIpc) is 3.42. The van der Waals surface area contributed by atoms with Crippen molar-refractivity contribution in [2.45, 2.75) is 52.6 Å². The molecule has 2 rings (SSSR count). The molecular weight excluding hydrogens is 428 g/mol. The molecule has 3 N–H and O–H groups in total. The Morgan fingerprint density at radius 2 is 2.03 bits per heavy atom. The highest BCUT2D eigenvalue weighted by Gasteiger charge is 2.60. The van der Waals surface area contributed by atoms with Gasteiger partial charge in [-0.05, 0) is 43.7 Å². The maximum atomic E-state index is 13.0. The summed E-state index contributed by atoms with van der Waals surface area (Å²) in [4.78, 5) is 61.1. The lowest BCUT2D eigenvalue weighted by atomic mass is 10.1. The molecule has 33 heavy (non-hydrogen) atoms. The first-order valence-electron chi connectivity index (χ1n) is 11.0. The van der Waals surface area contributed by atoms with Crippen LogP contribution in [0.1, 0.15) is 40.5 Å². The number of pyridine rings is 1. The second-order valence-electron chi connectivity index (χ2n) is 8.45. The highest BCUT2D eigenvalue weighted by molar-refractivity contribution is 6.03. The van der Waals surface area contributed by atoms with Crippen molar-refractivity contribution >= 4 is 29.4 Å². The number of hydrogen-bond acceptors (Lipinski definition) is 6. The molecule has 1 aromatic rings. The number of carbonyl (C=O) groups is 4. The maximum Gasteiger partial charge on any atom is 0.330 e. The quantitative estimate of drug-likeness (QED) is 0.333. The summed E-state index contributed by atoms with van der Waals surface area (Å²) in [5, 5.41) is 8.02. The molecule has 1 fully saturated rings. The van der Waals surface area contributed by atoms with Crippen LogP contribution < -0.4 is 21.5 Å². The van der Waals surface area contributed by atoms with Gasteiger partial charge in [-0.2, -0.15) is 0 Å². The van der Waals surface area contributed by atoms with Gasteiger partial charge in [-0.25, -0.2) is 4.79 Å². The van der Waals surface area contributed by atoms with E-state index < -0.39 is 23.0 Å². The Morgan fingerprint density at radius 3 is 2.67 bits per heavy atom. The third kappa shape index (κ3) is 7.30. The molecule has 10 heteroatoms. The minimum atomic E-state index is -1.17. The van der Waals surface area contributed by atoms with E-state index in [1.54, 1.807) is 19.1 Å². The van der Waals surface area contributed by atoms with Crippen LogP contribution in [0.5, 0.6) is 0 Å². The summed E-state index contributed by atoms with van der Waals surface area (Å²) in [6, 6.07) is 3.01. The summed E-state index contributed by atoms with van der Waals surface area (Å²) in [7, 11) is 0. The Kier molecular flexibility index (Phi) is 8.95. The molecule has 0 aromatic carbocycles. The topological polar surface area (TPSA) is 136 Å². The molecule has 2 atom stereocenters. The average molecular weight is 461 g/mol. The van der Waals surface area contributed by atoms with Gasteiger partial charge in [0.1, 0.15) is 17.8 Å². The monoisotopic (exact) mass is 460 g/mol. The molecule has 2 unspecified atom stereocenters. The molecule has 1 aliphatic rings. The molecule has 0 spiro atoms. The minimum Gasteiger partial charge on any atom is -0.463 e. The zero-order valence-corrected chi connectivity index (χ0v) is 19.5. The molecule has 0 radical (unpaired) electrons. The Balaban J connectivity index is 2.09. The molecule has 180 valence electrons. The first-order chi connectivity index (χ1) is 15.6. The molecule has 0 saturated heterocycles. The van der Waals surface area contributed by atoms with E-state index in [4.69, 9.17) is 4.74 Å². The van der Waals surface area contributed by atoms with Crippen LogP contribution in [0.2, 0.25) is 0 Å². The van der Waals surface area contributed by atoms with E-state index in [1.807, 2.05) is 13.8 Å². The first kappa shape index (κ1) is 25.8. The normalized spacial score (nSPS) is 19.2. The largest absolute Gasteiger partial charge is 0.463 e. The molecule has 1 aliphatic carbocycles. The number of amides is 3. The van der Waals surface area contributed by atoms with E-state index in [0.29, 0.717) is 19.4 Å². The second kappa shape index (κ2) is 11.4. The highest BCUT2D eigenvalue weighted by atomic mass is 16.5. The van der Waals surface area contributed by atoms with Gasteiger partial charge in [0.2, 0.25) is 11.8 Å². The molecule has 0 aliphatic heterocycles. The Morgan fingerprint density at radius 1 is 1.30 bits per heavy atom. The van der Waals surface area contributed by atoms with Gasteiger partial charge in [-0.15, -0.1) is 0 Å². The lowest BCUT2D eigenvalue weighted by Crippen LogP contribution is -2.47. The van der Waals surface area contributed by atoms with Crippen molar-refractivity contribution in [3.63, 3.8) is 0 Å². The molecule has 1 saturated carbocycles. The number of allylic oxidation sites excluding steroid dienone is 1. The van der Waals surface area contributed by atoms with E-state index >= 15 is 0 Å². The summed E-state index contributed by atoms with van der Waals surface area (Å²) < 4.78 is 6.04. The summed E-state index contributed by atoms with van der Waals surface area (Å²) in [6.45, 7) is 7.52. The smallest absolute Gasteiger partial charge is 0.330 e. The fourth-order valence-corrected chi connectivity index (χ4v) is 3.45. The fraction of sp³-hybridized carbons (Fsp3) is 0.522. The van der Waals surface area contributed by atoms with E-state index in [1.165, 1.54) is 29.8 Å². The van der Waals surface area contributed by atoms with Gasteiger partial charge in [0.25, 0.3) is 11.5 Å². The van der Waals surface area contributed by atoms with Gasteiger partial charge in [-0.3, -0.25) is 19.2 Å². The van der Waals surface area contributed by atoms with Gasteiger partial charge in [0, 0.05) is 25.7 Å². The number of anilines is 1. The Labute approximate surface area is 192 Å². The van der Waals surface area contributed by atoms with Gasteiger partial charge in [0.15, 0.2) is 0 Å². The molecule has 3 amide bonds. The van der Waals surface area contributed by atoms with Crippen LogP contribution in [0, 0.1) is 11.8 Å². The van der Waals surface area contributed by atoms with Gasteiger partial charge in [0.05, 0.1) is 6.61 Å². The first-order valence-corrected chi connectivity index (χ1v) is 11.0. The standard InChI is InChI=1S/C23H32N4O6/c1-5-33-20(30)10-6-8-17-12-23(17,26-16(4)28)22(32)25-18-9-7-11-27(21(18)31)14-19(29)24-13-15(2)3/h6-7,9-11,15,17H,5,8,12-14H2,1-4H3,(H,24,29)(H,25,32)(H,26,28)/b10-6+. The molecular formula is C23H32N4O6. The molecule has 1 aromatic heterocycles. The number of nitrogens with zero attached hydrogens (tertiary/aromatic N) is 1. The van der Waals surface area contributed by atoms with Crippen LogP contribution in [0.25, 0.3) is 0 Å². The third-order valence-electron chi connectivity index (χ3n) is 5.16. The number of esters is 1. The van der Waals surface area contributed by atoms with Crippen molar-refractivity contribution in [3.8, 4) is 0 Å². The van der Waals surface area contributed by atoms with Crippen LogP contribution in [0.15, 0.2) is 35.3 Å². The maximum absolute atomic E-state index is 13.0. The minimum absolute atomic E-state index is 0.0107. The van der Waals surface area contributed by atoms with Crippen molar-refractivity contribution in [3.05, 3.63) is 40.8 Å². The van der Waals surface area contributed by atoms with E-state index in [2.05, 4.69) is 16.0 Å². The SMILES string of the molecule is CCOC(=O)/C=C/CC1CC1(NC(C)=O)C(=O)Nc1cccn(CC(=O)NCC(C)C)c1=O. The van der Waals surface area contributed by atoms with Gasteiger partial charge < -0.3 is 25.3 Å². The summed E-state index contributed by atoms with van der Waals surface area (Å²) in [6.07, 6.45) is 5.10. The second-order valence-corrected chi connectivity index (χ2v) is 8.45. The number of carbonyl (C=O) groups excluding carboxylic acids is 4. The summed E-state index contributed by atoms with van der Waals surface area (Å²) >= 11 is 0. The van der Waals surface area contributed by atoms with Gasteiger partial charge in [-0.1, -0.05) is 19.9 Å². The van der Waals surface area contributed by atoms with Crippen LogP contribution in [-0.4, -0.2) is 46.9 Å². The number of rotatable bonds is 11. The van der Waals surface area contributed by atoms with E-state index in [0.717, 1.165) is 0 Å². The predicted molar refractivity (Wildman–Crippen MR) is 122 cm³/mol. The number of nitrogens with one attached hydrogen (secondary N) is 3. The number of ether oxygens (including phenoxy) is 1. The van der Waals surface area contributed by atoms with Crippen LogP contribution >= 0.6 is 0 Å². The zero-order valence-electron chi connectivity index (χ0n) is 19.5. The van der Waals surface area contributed by atoms with Crippen molar-refractivity contribution in [1.29, 1.82) is 0 Å². The zero-order chi connectivity index (χ0) is 24.6. The van der Waals surface area contributed by atoms with Crippen LogP contribution in [-0.2, 0) is 30.5 Å². The highest BCUT2D eigenvalue weighted by Crippen LogP contribution is 2.47.